The molecule has 0 unspecified atom stereocenters. The Kier molecular flexibility index (Phi) is 5.29. The van der Waals surface area contributed by atoms with E-state index >= 15 is 0 Å². The second-order valence-electron chi connectivity index (χ2n) is 6.96. The van der Waals surface area contributed by atoms with E-state index in [2.05, 4.69) is 5.32 Å². The van der Waals surface area contributed by atoms with Crippen LogP contribution < -0.4 is 15.0 Å². The van der Waals surface area contributed by atoms with Crippen molar-refractivity contribution in [2.24, 2.45) is 0 Å². The molecular weight excluding hydrogens is 364 g/mol. The van der Waals surface area contributed by atoms with Gasteiger partial charge in [-0.1, -0.05) is 54.6 Å². The molecule has 4 rings (SSSR count). The molecule has 0 bridgehead atoms. The second kappa shape index (κ2) is 8.19. The number of para-hydroxylation sites is 3. The molecule has 0 radical (unpaired) electrons. The Balaban J connectivity index is 1.68. The molecule has 146 valence electrons. The molecular formula is C24H22N2O3. The fourth-order valence-corrected chi connectivity index (χ4v) is 3.69. The Labute approximate surface area is 169 Å². The van der Waals surface area contributed by atoms with Gasteiger partial charge in [-0.25, -0.2) is 0 Å². The Bertz CT molecular complexity index is 1030. The highest BCUT2D eigenvalue weighted by molar-refractivity contribution is 6.08. The number of rotatable bonds is 6. The van der Waals surface area contributed by atoms with Crippen LogP contribution in [-0.2, 0) is 11.3 Å². The molecule has 5 nitrogen and oxygen atoms in total. The van der Waals surface area contributed by atoms with Crippen molar-refractivity contribution in [2.75, 3.05) is 17.3 Å². The maximum absolute atomic E-state index is 13.1. The zero-order valence-electron chi connectivity index (χ0n) is 16.2. The van der Waals surface area contributed by atoms with Crippen molar-refractivity contribution in [1.29, 1.82) is 0 Å². The molecule has 0 fully saturated rings. The van der Waals surface area contributed by atoms with E-state index in [1.165, 1.54) is 7.11 Å². The topological polar surface area (TPSA) is 58.6 Å². The number of benzene rings is 3. The van der Waals surface area contributed by atoms with Crippen molar-refractivity contribution in [2.45, 2.75) is 19.0 Å². The van der Waals surface area contributed by atoms with Gasteiger partial charge >= 0.3 is 0 Å². The van der Waals surface area contributed by atoms with Crippen LogP contribution >= 0.6 is 0 Å². The highest BCUT2D eigenvalue weighted by atomic mass is 16.5. The van der Waals surface area contributed by atoms with Crippen LogP contribution in [0.3, 0.4) is 0 Å². The molecule has 1 atom stereocenters. The van der Waals surface area contributed by atoms with Gasteiger partial charge in [0.05, 0.1) is 24.0 Å². The first-order valence-electron chi connectivity index (χ1n) is 9.54. The van der Waals surface area contributed by atoms with Gasteiger partial charge < -0.3 is 15.0 Å². The van der Waals surface area contributed by atoms with E-state index in [9.17, 15) is 9.59 Å². The molecule has 3 aromatic carbocycles. The molecule has 3 aromatic rings. The van der Waals surface area contributed by atoms with E-state index in [1.807, 2.05) is 65.6 Å². The first-order chi connectivity index (χ1) is 14.2. The minimum absolute atomic E-state index is 0.0629. The fraction of sp³-hybridized carbons (Fsp3) is 0.167. The lowest BCUT2D eigenvalue weighted by Gasteiger charge is -2.38. The molecule has 0 aliphatic carbocycles. The van der Waals surface area contributed by atoms with Crippen molar-refractivity contribution in [3.63, 3.8) is 0 Å². The first-order valence-corrected chi connectivity index (χ1v) is 9.54. The number of nitrogens with zero attached hydrogens (tertiary/aromatic N) is 1. The summed E-state index contributed by atoms with van der Waals surface area (Å²) in [7, 11) is 1.54. The molecule has 1 N–H and O–H groups in total. The zero-order valence-corrected chi connectivity index (χ0v) is 16.2. The van der Waals surface area contributed by atoms with Crippen LogP contribution in [0, 0.1) is 0 Å². The number of methoxy groups -OCH3 is 1. The molecule has 0 saturated carbocycles. The van der Waals surface area contributed by atoms with E-state index in [0.717, 1.165) is 16.9 Å². The third kappa shape index (κ3) is 3.85. The molecule has 5 heteroatoms. The number of nitrogens with one attached hydrogen (secondary N) is 1. The van der Waals surface area contributed by atoms with Crippen molar-refractivity contribution < 1.29 is 14.3 Å². The Morgan fingerprint density at radius 1 is 0.966 bits per heavy atom. The Morgan fingerprint density at radius 3 is 2.45 bits per heavy atom. The summed E-state index contributed by atoms with van der Waals surface area (Å²) in [4.78, 5) is 28.0. The maximum atomic E-state index is 13.1. The first kappa shape index (κ1) is 18.7. The van der Waals surface area contributed by atoms with Crippen LogP contribution in [0.1, 0.15) is 22.3 Å². The monoisotopic (exact) mass is 386 g/mol. The van der Waals surface area contributed by atoms with Crippen LogP contribution in [0.2, 0.25) is 0 Å². The highest BCUT2D eigenvalue weighted by Gasteiger charge is 2.35. The summed E-state index contributed by atoms with van der Waals surface area (Å²) in [6.07, 6.45) is 0.0629. The summed E-state index contributed by atoms with van der Waals surface area (Å²) in [5.41, 5.74) is 3.23. The molecule has 1 heterocycles. The van der Waals surface area contributed by atoms with Crippen molar-refractivity contribution in [3.05, 3.63) is 90.0 Å². The van der Waals surface area contributed by atoms with Crippen LogP contribution in [0.15, 0.2) is 78.9 Å². The number of amides is 1. The summed E-state index contributed by atoms with van der Waals surface area (Å²) in [6, 6.07) is 24.1. The van der Waals surface area contributed by atoms with Gasteiger partial charge in [0, 0.05) is 13.0 Å². The SMILES string of the molecule is COc1ccccc1C(=O)C[C@@H]1C(=O)Nc2ccccc2N1Cc1ccccc1. The number of ketones is 1. The lowest BCUT2D eigenvalue weighted by Crippen LogP contribution is -2.48. The average molecular weight is 386 g/mol. The summed E-state index contributed by atoms with van der Waals surface area (Å²) < 4.78 is 5.33. The summed E-state index contributed by atoms with van der Waals surface area (Å²) in [5.74, 6) is 0.214. The highest BCUT2D eigenvalue weighted by Crippen LogP contribution is 2.34. The van der Waals surface area contributed by atoms with E-state index in [4.69, 9.17) is 4.74 Å². The number of carbonyl (C=O) groups is 2. The predicted octanol–water partition coefficient (Wildman–Crippen LogP) is 4.30. The molecule has 1 aliphatic rings. The largest absolute Gasteiger partial charge is 0.496 e. The quantitative estimate of drug-likeness (QED) is 0.642. The van der Waals surface area contributed by atoms with Crippen molar-refractivity contribution in [3.8, 4) is 5.75 Å². The van der Waals surface area contributed by atoms with Gasteiger partial charge in [-0.15, -0.1) is 0 Å². The number of Topliss-reactive ketones (excluding diaryl/α,β-unsaturated/α-hetero) is 1. The number of anilines is 2. The van der Waals surface area contributed by atoms with Gasteiger partial charge in [0.15, 0.2) is 5.78 Å². The third-order valence-corrected chi connectivity index (χ3v) is 5.13. The minimum atomic E-state index is -0.609. The summed E-state index contributed by atoms with van der Waals surface area (Å²) >= 11 is 0. The lowest BCUT2D eigenvalue weighted by molar-refractivity contribution is -0.117. The van der Waals surface area contributed by atoms with Gasteiger partial charge in [-0.2, -0.15) is 0 Å². The van der Waals surface area contributed by atoms with Gasteiger partial charge in [0.25, 0.3) is 0 Å². The Hall–Kier alpha value is -3.60. The van der Waals surface area contributed by atoms with Gasteiger partial charge in [0.2, 0.25) is 5.91 Å². The minimum Gasteiger partial charge on any atom is -0.496 e. The summed E-state index contributed by atoms with van der Waals surface area (Å²) in [6.45, 7) is 0.537. The molecule has 0 aromatic heterocycles. The normalized spacial score (nSPS) is 15.4. The van der Waals surface area contributed by atoms with Crippen LogP contribution in [0.4, 0.5) is 11.4 Å². The van der Waals surface area contributed by atoms with E-state index < -0.39 is 6.04 Å². The molecule has 0 spiro atoms. The third-order valence-electron chi connectivity index (χ3n) is 5.13. The van der Waals surface area contributed by atoms with Crippen LogP contribution in [-0.4, -0.2) is 24.8 Å². The van der Waals surface area contributed by atoms with Gasteiger partial charge in [-0.3, -0.25) is 9.59 Å². The molecule has 29 heavy (non-hydrogen) atoms. The van der Waals surface area contributed by atoms with Crippen molar-refractivity contribution >= 4 is 23.1 Å². The van der Waals surface area contributed by atoms with E-state index in [-0.39, 0.29) is 18.1 Å². The van der Waals surface area contributed by atoms with Crippen molar-refractivity contribution in [1.82, 2.24) is 0 Å². The Morgan fingerprint density at radius 2 is 1.66 bits per heavy atom. The number of fused-ring (bicyclic) bond motifs is 1. The van der Waals surface area contributed by atoms with E-state index in [1.54, 1.807) is 18.2 Å². The molecule has 0 saturated heterocycles. The second-order valence-corrected chi connectivity index (χ2v) is 6.96. The zero-order chi connectivity index (χ0) is 20.2. The average Bonchev–Trinajstić information content (AvgIpc) is 2.76. The molecule has 1 aliphatic heterocycles. The number of carbonyl (C=O) groups excluding carboxylic acids is 2. The van der Waals surface area contributed by atoms with Gasteiger partial charge in [-0.05, 0) is 29.8 Å². The standard InChI is InChI=1S/C24H22N2O3/c1-29-23-14-8-5-11-18(23)22(27)15-21-24(28)25-19-12-6-7-13-20(19)26(21)16-17-9-3-2-4-10-17/h2-14,21H,15-16H2,1H3,(H,25,28)/t21-/m1/s1. The number of hydrogen-bond acceptors (Lipinski definition) is 4. The number of hydrogen-bond donors (Lipinski definition) is 1. The van der Waals surface area contributed by atoms with Crippen LogP contribution in [0.25, 0.3) is 0 Å². The fourth-order valence-electron chi connectivity index (χ4n) is 3.69. The number of ether oxygens (including phenoxy) is 1. The van der Waals surface area contributed by atoms with Gasteiger partial charge in [0.1, 0.15) is 11.8 Å². The summed E-state index contributed by atoms with van der Waals surface area (Å²) in [5, 5.41) is 2.95. The lowest BCUT2D eigenvalue weighted by atomic mass is 9.97. The predicted molar refractivity (Wildman–Crippen MR) is 113 cm³/mol. The maximum Gasteiger partial charge on any atom is 0.247 e. The molecule has 1 amide bonds. The smallest absolute Gasteiger partial charge is 0.247 e. The van der Waals surface area contributed by atoms with E-state index in [0.29, 0.717) is 17.9 Å². The van der Waals surface area contributed by atoms with Crippen LogP contribution in [0.5, 0.6) is 5.75 Å².